The van der Waals surface area contributed by atoms with Gasteiger partial charge >= 0.3 is 11.9 Å². The summed E-state index contributed by atoms with van der Waals surface area (Å²) >= 11 is 6.11. The SMILES string of the molecule is COc1ccc(-c2ccc(/C=C3\SC(=S)N(C(CCC(=O)O)C(=O)O)C3=O)o2)cc1. The molecule has 0 radical (unpaired) electrons. The van der Waals surface area contributed by atoms with Gasteiger partial charge in [-0.15, -0.1) is 0 Å². The molecule has 0 bridgehead atoms. The normalized spacial score (nSPS) is 16.2. The summed E-state index contributed by atoms with van der Waals surface area (Å²) in [6, 6.07) is 9.36. The Labute approximate surface area is 181 Å². The summed E-state index contributed by atoms with van der Waals surface area (Å²) < 4.78 is 11.0. The number of nitrogens with zero attached hydrogens (tertiary/aromatic N) is 1. The molecule has 1 amide bonds. The van der Waals surface area contributed by atoms with Gasteiger partial charge in [-0.05, 0) is 42.8 Å². The number of carbonyl (C=O) groups is 3. The molecule has 2 aromatic rings. The first-order valence-corrected chi connectivity index (χ1v) is 9.98. The lowest BCUT2D eigenvalue weighted by Gasteiger charge is -2.22. The molecule has 1 saturated heterocycles. The van der Waals surface area contributed by atoms with Gasteiger partial charge in [0.15, 0.2) is 0 Å². The van der Waals surface area contributed by atoms with Gasteiger partial charge in [-0.2, -0.15) is 0 Å². The quantitative estimate of drug-likeness (QED) is 0.463. The molecule has 156 valence electrons. The maximum Gasteiger partial charge on any atom is 0.326 e. The Morgan fingerprint density at radius 3 is 2.53 bits per heavy atom. The number of hydrogen-bond acceptors (Lipinski definition) is 7. The van der Waals surface area contributed by atoms with Crippen LogP contribution in [0.5, 0.6) is 5.75 Å². The zero-order valence-corrected chi connectivity index (χ0v) is 17.4. The highest BCUT2D eigenvalue weighted by molar-refractivity contribution is 8.26. The van der Waals surface area contributed by atoms with Crippen molar-refractivity contribution in [1.29, 1.82) is 0 Å². The Kier molecular flexibility index (Phi) is 6.58. The van der Waals surface area contributed by atoms with E-state index in [1.807, 2.05) is 12.1 Å². The lowest BCUT2D eigenvalue weighted by molar-refractivity contribution is -0.146. The fourth-order valence-electron chi connectivity index (χ4n) is 2.84. The first-order valence-electron chi connectivity index (χ1n) is 8.76. The first-order chi connectivity index (χ1) is 14.3. The molecule has 2 N–H and O–H groups in total. The summed E-state index contributed by atoms with van der Waals surface area (Å²) in [4.78, 5) is 36.3. The van der Waals surface area contributed by atoms with Crippen molar-refractivity contribution in [3.05, 3.63) is 47.1 Å². The highest BCUT2D eigenvalue weighted by atomic mass is 32.2. The molecule has 1 atom stereocenters. The number of ether oxygens (including phenoxy) is 1. The van der Waals surface area contributed by atoms with Crippen LogP contribution in [-0.4, -0.2) is 50.4 Å². The Morgan fingerprint density at radius 2 is 1.93 bits per heavy atom. The topological polar surface area (TPSA) is 117 Å². The summed E-state index contributed by atoms with van der Waals surface area (Å²) in [6.07, 6.45) is 0.853. The molecule has 1 fully saturated rings. The van der Waals surface area contributed by atoms with Crippen molar-refractivity contribution in [2.75, 3.05) is 7.11 Å². The third kappa shape index (κ3) is 4.71. The summed E-state index contributed by atoms with van der Waals surface area (Å²) in [5.41, 5.74) is 0.822. The average Bonchev–Trinajstić information content (AvgIpc) is 3.28. The van der Waals surface area contributed by atoms with Gasteiger partial charge < -0.3 is 19.4 Å². The highest BCUT2D eigenvalue weighted by Gasteiger charge is 2.40. The van der Waals surface area contributed by atoms with Gasteiger partial charge in [-0.25, -0.2) is 4.79 Å². The Hall–Kier alpha value is -3.11. The van der Waals surface area contributed by atoms with E-state index in [-0.39, 0.29) is 15.6 Å². The van der Waals surface area contributed by atoms with E-state index in [9.17, 15) is 19.5 Å². The van der Waals surface area contributed by atoms with Crippen molar-refractivity contribution in [2.24, 2.45) is 0 Å². The molecule has 8 nitrogen and oxygen atoms in total. The first kappa shape index (κ1) is 21.6. The number of furan rings is 1. The van der Waals surface area contributed by atoms with E-state index in [4.69, 9.17) is 26.5 Å². The molecule has 1 aromatic carbocycles. The van der Waals surface area contributed by atoms with Crippen LogP contribution >= 0.6 is 24.0 Å². The van der Waals surface area contributed by atoms with Crippen LogP contribution in [-0.2, 0) is 14.4 Å². The molecule has 2 heterocycles. The predicted octanol–water partition coefficient (Wildman–Crippen LogP) is 3.47. The fourth-order valence-corrected chi connectivity index (χ4v) is 4.18. The smallest absolute Gasteiger partial charge is 0.326 e. The van der Waals surface area contributed by atoms with Crippen molar-refractivity contribution < 1.29 is 33.8 Å². The largest absolute Gasteiger partial charge is 0.497 e. The van der Waals surface area contributed by atoms with Crippen LogP contribution in [0.4, 0.5) is 0 Å². The number of carboxylic acids is 2. The Bertz CT molecular complexity index is 1030. The minimum Gasteiger partial charge on any atom is -0.497 e. The second-order valence-electron chi connectivity index (χ2n) is 6.27. The standard InChI is InChI=1S/C20H17NO7S2/c1-27-12-4-2-11(3-5-12)15-8-6-13(28-15)10-16-18(24)21(20(29)30-16)14(19(25)26)7-9-17(22)23/h2-6,8,10,14H,7,9H2,1H3,(H,22,23)(H,25,26)/b16-10-. The molecule has 0 saturated carbocycles. The number of benzene rings is 1. The molecule has 10 heteroatoms. The third-order valence-electron chi connectivity index (χ3n) is 4.33. The van der Waals surface area contributed by atoms with Crippen LogP contribution in [0.15, 0.2) is 45.7 Å². The molecule has 1 aromatic heterocycles. The van der Waals surface area contributed by atoms with Crippen LogP contribution in [0, 0.1) is 0 Å². The number of methoxy groups -OCH3 is 1. The predicted molar refractivity (Wildman–Crippen MR) is 114 cm³/mol. The number of carbonyl (C=O) groups excluding carboxylic acids is 1. The minimum absolute atomic E-state index is 0.0611. The van der Waals surface area contributed by atoms with Crippen molar-refractivity contribution in [1.82, 2.24) is 4.90 Å². The van der Waals surface area contributed by atoms with E-state index >= 15 is 0 Å². The molecular weight excluding hydrogens is 430 g/mol. The maximum atomic E-state index is 12.7. The second kappa shape index (κ2) is 9.14. The number of amides is 1. The van der Waals surface area contributed by atoms with Crippen molar-refractivity contribution >= 4 is 52.2 Å². The van der Waals surface area contributed by atoms with E-state index in [1.165, 1.54) is 6.08 Å². The van der Waals surface area contributed by atoms with E-state index in [1.54, 1.807) is 31.4 Å². The lowest BCUT2D eigenvalue weighted by Crippen LogP contribution is -2.44. The van der Waals surface area contributed by atoms with Gasteiger partial charge in [-0.1, -0.05) is 24.0 Å². The molecule has 0 aliphatic carbocycles. The van der Waals surface area contributed by atoms with Gasteiger partial charge in [0.05, 0.1) is 12.0 Å². The van der Waals surface area contributed by atoms with Gasteiger partial charge in [0.2, 0.25) is 0 Å². The summed E-state index contributed by atoms with van der Waals surface area (Å²) in [6.45, 7) is 0. The molecule has 1 aliphatic heterocycles. The van der Waals surface area contributed by atoms with E-state index in [0.717, 1.165) is 22.2 Å². The fraction of sp³-hybridized carbons (Fsp3) is 0.200. The number of aliphatic carboxylic acids is 2. The number of rotatable bonds is 8. The summed E-state index contributed by atoms with van der Waals surface area (Å²) in [5.74, 6) is -1.35. The van der Waals surface area contributed by atoms with E-state index in [2.05, 4.69) is 0 Å². The van der Waals surface area contributed by atoms with Crippen molar-refractivity contribution in [2.45, 2.75) is 18.9 Å². The third-order valence-corrected chi connectivity index (χ3v) is 5.66. The molecule has 1 unspecified atom stereocenters. The van der Waals surface area contributed by atoms with Gasteiger partial charge in [0, 0.05) is 18.1 Å². The van der Waals surface area contributed by atoms with Gasteiger partial charge in [0.25, 0.3) is 5.91 Å². The van der Waals surface area contributed by atoms with Crippen LogP contribution in [0.25, 0.3) is 17.4 Å². The zero-order valence-electron chi connectivity index (χ0n) is 15.7. The second-order valence-corrected chi connectivity index (χ2v) is 7.94. The molecule has 1 aliphatic rings. The number of thioether (sulfide) groups is 1. The van der Waals surface area contributed by atoms with Crippen molar-refractivity contribution in [3.8, 4) is 17.1 Å². The maximum absolute atomic E-state index is 12.7. The Morgan fingerprint density at radius 1 is 1.23 bits per heavy atom. The van der Waals surface area contributed by atoms with Gasteiger partial charge in [0.1, 0.15) is 27.6 Å². The minimum atomic E-state index is -1.34. The highest BCUT2D eigenvalue weighted by Crippen LogP contribution is 2.35. The van der Waals surface area contributed by atoms with Gasteiger partial charge in [-0.3, -0.25) is 14.5 Å². The van der Waals surface area contributed by atoms with Crippen LogP contribution < -0.4 is 4.74 Å². The Balaban J connectivity index is 1.80. The summed E-state index contributed by atoms with van der Waals surface area (Å²) in [7, 11) is 1.58. The monoisotopic (exact) mass is 447 g/mol. The van der Waals surface area contributed by atoms with Crippen molar-refractivity contribution in [3.63, 3.8) is 0 Å². The lowest BCUT2D eigenvalue weighted by atomic mass is 10.1. The van der Waals surface area contributed by atoms with E-state index in [0.29, 0.717) is 17.3 Å². The average molecular weight is 447 g/mol. The van der Waals surface area contributed by atoms with Crippen LogP contribution in [0.1, 0.15) is 18.6 Å². The van der Waals surface area contributed by atoms with E-state index < -0.39 is 30.3 Å². The molecule has 0 spiro atoms. The number of hydrogen-bond donors (Lipinski definition) is 2. The number of carboxylic acid groups (broad SMARTS) is 2. The van der Waals surface area contributed by atoms with Crippen LogP contribution in [0.2, 0.25) is 0 Å². The molecule has 30 heavy (non-hydrogen) atoms. The number of thiocarbonyl (C=S) groups is 1. The summed E-state index contributed by atoms with van der Waals surface area (Å²) in [5, 5.41) is 18.2. The zero-order chi connectivity index (χ0) is 21.8. The van der Waals surface area contributed by atoms with Crippen LogP contribution in [0.3, 0.4) is 0 Å². The molecule has 3 rings (SSSR count). The molecular formula is C20H17NO7S2.